The molecular weight excluding hydrogens is 248 g/mol. The average Bonchev–Trinajstić information content (AvgIpc) is 2.51. The Morgan fingerprint density at radius 3 is 2.45 bits per heavy atom. The number of ether oxygens (including phenoxy) is 1. The first kappa shape index (κ1) is 17.2. The summed E-state index contributed by atoms with van der Waals surface area (Å²) in [4.78, 5) is 2.49. The van der Waals surface area contributed by atoms with Gasteiger partial charge in [0.25, 0.3) is 0 Å². The summed E-state index contributed by atoms with van der Waals surface area (Å²) in [5.41, 5.74) is 7.40. The Balaban J connectivity index is 2.87. The van der Waals surface area contributed by atoms with E-state index in [1.54, 1.807) is 7.11 Å². The summed E-state index contributed by atoms with van der Waals surface area (Å²) >= 11 is 0. The summed E-state index contributed by atoms with van der Waals surface area (Å²) < 4.78 is 5.25. The van der Waals surface area contributed by atoms with Crippen LogP contribution in [0.4, 0.5) is 0 Å². The van der Waals surface area contributed by atoms with Crippen LogP contribution in [0.25, 0.3) is 0 Å². The van der Waals surface area contributed by atoms with Gasteiger partial charge in [0.15, 0.2) is 0 Å². The minimum atomic E-state index is -0.0154. The molecule has 3 nitrogen and oxygen atoms in total. The SMILES string of the molecule is CCC(C)N(CCOC)CC(C)(CN)c1ccccc1. The Hall–Kier alpha value is -0.900. The standard InChI is InChI=1S/C17H30N2O/c1-5-15(2)19(11-12-20-4)14-17(3,13-18)16-9-7-6-8-10-16/h6-10,15H,5,11-14,18H2,1-4H3. The molecule has 3 heteroatoms. The maximum Gasteiger partial charge on any atom is 0.0589 e. The van der Waals surface area contributed by atoms with Crippen molar-refractivity contribution in [1.29, 1.82) is 0 Å². The number of hydrogen-bond acceptors (Lipinski definition) is 3. The van der Waals surface area contributed by atoms with Crippen molar-refractivity contribution in [3.8, 4) is 0 Å². The van der Waals surface area contributed by atoms with Crippen LogP contribution >= 0.6 is 0 Å². The summed E-state index contributed by atoms with van der Waals surface area (Å²) in [6.45, 7) is 10.1. The normalized spacial score (nSPS) is 16.1. The molecule has 2 unspecified atom stereocenters. The summed E-state index contributed by atoms with van der Waals surface area (Å²) in [7, 11) is 1.76. The zero-order valence-corrected chi connectivity index (χ0v) is 13.4. The second-order valence-electron chi connectivity index (χ2n) is 5.85. The van der Waals surface area contributed by atoms with Gasteiger partial charge in [0, 0.05) is 38.2 Å². The van der Waals surface area contributed by atoms with Crippen molar-refractivity contribution in [2.24, 2.45) is 5.73 Å². The summed E-state index contributed by atoms with van der Waals surface area (Å²) in [5, 5.41) is 0. The number of nitrogens with two attached hydrogens (primary N) is 1. The molecule has 0 saturated carbocycles. The molecule has 20 heavy (non-hydrogen) atoms. The quantitative estimate of drug-likeness (QED) is 0.755. The second kappa shape index (κ2) is 8.40. The van der Waals surface area contributed by atoms with Crippen LogP contribution in [0, 0.1) is 0 Å². The lowest BCUT2D eigenvalue weighted by Gasteiger charge is -2.38. The minimum Gasteiger partial charge on any atom is -0.383 e. The lowest BCUT2D eigenvalue weighted by atomic mass is 9.81. The number of methoxy groups -OCH3 is 1. The molecule has 0 spiro atoms. The molecule has 0 bridgehead atoms. The highest BCUT2D eigenvalue weighted by Crippen LogP contribution is 2.25. The van der Waals surface area contributed by atoms with Gasteiger partial charge in [-0.05, 0) is 18.9 Å². The highest BCUT2D eigenvalue weighted by molar-refractivity contribution is 5.25. The molecule has 114 valence electrons. The maximum atomic E-state index is 6.10. The molecule has 0 saturated heterocycles. The van der Waals surface area contributed by atoms with Gasteiger partial charge in [0.2, 0.25) is 0 Å². The van der Waals surface area contributed by atoms with Crippen LogP contribution < -0.4 is 5.73 Å². The first-order valence-corrected chi connectivity index (χ1v) is 7.56. The van der Waals surface area contributed by atoms with Crippen molar-refractivity contribution < 1.29 is 4.74 Å². The molecule has 1 aromatic carbocycles. The summed E-state index contributed by atoms with van der Waals surface area (Å²) in [5.74, 6) is 0. The number of benzene rings is 1. The fourth-order valence-corrected chi connectivity index (χ4v) is 2.48. The van der Waals surface area contributed by atoms with Crippen molar-refractivity contribution in [1.82, 2.24) is 4.90 Å². The van der Waals surface area contributed by atoms with E-state index >= 15 is 0 Å². The third-order valence-electron chi connectivity index (χ3n) is 4.27. The van der Waals surface area contributed by atoms with Crippen molar-refractivity contribution >= 4 is 0 Å². The first-order valence-electron chi connectivity index (χ1n) is 7.56. The maximum absolute atomic E-state index is 6.10. The average molecular weight is 278 g/mol. The molecule has 1 aromatic rings. The Bertz CT molecular complexity index is 369. The zero-order chi connectivity index (χ0) is 15.0. The molecular formula is C17H30N2O. The lowest BCUT2D eigenvalue weighted by Crippen LogP contribution is -2.48. The van der Waals surface area contributed by atoms with E-state index in [0.717, 1.165) is 26.1 Å². The molecule has 0 aliphatic carbocycles. The summed E-state index contributed by atoms with van der Waals surface area (Å²) in [6, 6.07) is 11.1. The van der Waals surface area contributed by atoms with E-state index in [9.17, 15) is 0 Å². The van der Waals surface area contributed by atoms with Crippen LogP contribution in [0.5, 0.6) is 0 Å². The van der Waals surface area contributed by atoms with Gasteiger partial charge < -0.3 is 10.5 Å². The van der Waals surface area contributed by atoms with Gasteiger partial charge in [0.05, 0.1) is 6.61 Å². The molecule has 0 amide bonds. The molecule has 2 atom stereocenters. The topological polar surface area (TPSA) is 38.5 Å². The largest absolute Gasteiger partial charge is 0.383 e. The van der Waals surface area contributed by atoms with E-state index in [2.05, 4.69) is 56.0 Å². The van der Waals surface area contributed by atoms with E-state index in [1.165, 1.54) is 5.56 Å². The monoisotopic (exact) mass is 278 g/mol. The van der Waals surface area contributed by atoms with Crippen LogP contribution in [0.3, 0.4) is 0 Å². The second-order valence-corrected chi connectivity index (χ2v) is 5.85. The molecule has 0 heterocycles. The van der Waals surface area contributed by atoms with Crippen molar-refractivity contribution in [2.45, 2.75) is 38.6 Å². The van der Waals surface area contributed by atoms with Gasteiger partial charge in [-0.1, -0.05) is 44.2 Å². The molecule has 0 aromatic heterocycles. The first-order chi connectivity index (χ1) is 9.57. The number of rotatable bonds is 9. The van der Waals surface area contributed by atoms with Crippen molar-refractivity contribution in [3.05, 3.63) is 35.9 Å². The van der Waals surface area contributed by atoms with Crippen LogP contribution in [-0.4, -0.2) is 44.3 Å². The Morgan fingerprint density at radius 2 is 1.95 bits per heavy atom. The highest BCUT2D eigenvalue weighted by Gasteiger charge is 2.29. The molecule has 2 N–H and O–H groups in total. The van der Waals surface area contributed by atoms with Crippen LogP contribution in [0.1, 0.15) is 32.8 Å². The third-order valence-corrected chi connectivity index (χ3v) is 4.27. The van der Waals surface area contributed by atoms with Gasteiger partial charge >= 0.3 is 0 Å². The zero-order valence-electron chi connectivity index (χ0n) is 13.4. The molecule has 0 aliphatic rings. The fraction of sp³-hybridized carbons (Fsp3) is 0.647. The predicted octanol–water partition coefficient (Wildman–Crippen LogP) is 2.65. The van der Waals surface area contributed by atoms with Crippen LogP contribution in [-0.2, 0) is 10.2 Å². The minimum absolute atomic E-state index is 0.0154. The van der Waals surface area contributed by atoms with E-state index in [0.29, 0.717) is 12.6 Å². The molecule has 0 radical (unpaired) electrons. The van der Waals surface area contributed by atoms with Gasteiger partial charge in [-0.15, -0.1) is 0 Å². The van der Waals surface area contributed by atoms with Crippen LogP contribution in [0.15, 0.2) is 30.3 Å². The Morgan fingerprint density at radius 1 is 1.30 bits per heavy atom. The fourth-order valence-electron chi connectivity index (χ4n) is 2.48. The van der Waals surface area contributed by atoms with Crippen LogP contribution in [0.2, 0.25) is 0 Å². The van der Waals surface area contributed by atoms with E-state index in [4.69, 9.17) is 10.5 Å². The molecule has 1 rings (SSSR count). The number of hydrogen-bond donors (Lipinski definition) is 1. The highest BCUT2D eigenvalue weighted by atomic mass is 16.5. The van der Waals surface area contributed by atoms with E-state index in [1.807, 2.05) is 0 Å². The van der Waals surface area contributed by atoms with Gasteiger partial charge in [-0.3, -0.25) is 4.90 Å². The van der Waals surface area contributed by atoms with Gasteiger partial charge in [-0.2, -0.15) is 0 Å². The van der Waals surface area contributed by atoms with Crippen molar-refractivity contribution in [3.63, 3.8) is 0 Å². The van der Waals surface area contributed by atoms with E-state index < -0.39 is 0 Å². The third kappa shape index (κ3) is 4.58. The molecule has 0 aliphatic heterocycles. The molecule has 0 fully saturated rings. The number of nitrogens with zero attached hydrogens (tertiary/aromatic N) is 1. The van der Waals surface area contributed by atoms with Gasteiger partial charge in [-0.25, -0.2) is 0 Å². The smallest absolute Gasteiger partial charge is 0.0589 e. The van der Waals surface area contributed by atoms with Gasteiger partial charge in [0.1, 0.15) is 0 Å². The lowest BCUT2D eigenvalue weighted by molar-refractivity contribution is 0.105. The summed E-state index contributed by atoms with van der Waals surface area (Å²) in [6.07, 6.45) is 1.14. The Kier molecular flexibility index (Phi) is 7.20. The van der Waals surface area contributed by atoms with Crippen molar-refractivity contribution in [2.75, 3.05) is 33.4 Å². The Labute approximate surface area is 124 Å². The van der Waals surface area contributed by atoms with E-state index in [-0.39, 0.29) is 5.41 Å². The predicted molar refractivity (Wildman–Crippen MR) is 86.1 cm³/mol.